The zero-order valence-corrected chi connectivity index (χ0v) is 12.0. The number of nitrogens with zero attached hydrogens (tertiary/aromatic N) is 1. The van der Waals surface area contributed by atoms with Crippen LogP contribution < -0.4 is 11.1 Å². The molecule has 0 saturated carbocycles. The summed E-state index contributed by atoms with van der Waals surface area (Å²) in [5.74, 6) is 0.955. The molecule has 18 heavy (non-hydrogen) atoms. The first-order valence-corrected chi connectivity index (χ1v) is 7.74. The molecule has 1 atom stereocenters. The molecule has 0 aromatic heterocycles. The maximum Gasteiger partial charge on any atom is 0.239 e. The van der Waals surface area contributed by atoms with E-state index in [1.165, 1.54) is 6.92 Å². The molecule has 5 nitrogen and oxygen atoms in total. The van der Waals surface area contributed by atoms with Crippen LogP contribution in [-0.4, -0.2) is 53.9 Å². The Morgan fingerprint density at radius 1 is 1.44 bits per heavy atom. The molecule has 2 amide bonds. The van der Waals surface area contributed by atoms with E-state index in [0.29, 0.717) is 13.1 Å². The summed E-state index contributed by atoms with van der Waals surface area (Å²) in [6, 6.07) is -0.177. The Morgan fingerprint density at radius 2 is 2.06 bits per heavy atom. The van der Waals surface area contributed by atoms with E-state index in [-0.39, 0.29) is 23.9 Å². The van der Waals surface area contributed by atoms with Crippen LogP contribution in [0.5, 0.6) is 0 Å². The minimum atomic E-state index is -0.380. The van der Waals surface area contributed by atoms with Crippen LogP contribution in [0.25, 0.3) is 0 Å². The summed E-state index contributed by atoms with van der Waals surface area (Å²) >= 11 is 1.70. The number of carbonyl (C=O) groups excluding carboxylic acids is 2. The number of hydrogen-bond donors (Lipinski definition) is 2. The third kappa shape index (κ3) is 4.86. The van der Waals surface area contributed by atoms with E-state index in [4.69, 9.17) is 5.73 Å². The van der Waals surface area contributed by atoms with Gasteiger partial charge in [0.25, 0.3) is 0 Å². The fourth-order valence-electron chi connectivity index (χ4n) is 2.13. The van der Waals surface area contributed by atoms with Gasteiger partial charge in [0.2, 0.25) is 11.8 Å². The highest BCUT2D eigenvalue weighted by Crippen LogP contribution is 2.12. The van der Waals surface area contributed by atoms with Gasteiger partial charge in [0, 0.05) is 26.1 Å². The fourth-order valence-corrected chi connectivity index (χ4v) is 2.62. The zero-order valence-electron chi connectivity index (χ0n) is 11.1. The predicted molar refractivity (Wildman–Crippen MR) is 74.4 cm³/mol. The molecule has 0 aromatic carbocycles. The SMILES string of the molecule is CSCC[C@@H](N)C(=O)N1CCC(NC(C)=O)CC1. The number of rotatable bonds is 5. The number of hydrogen-bond acceptors (Lipinski definition) is 4. The fraction of sp³-hybridized carbons (Fsp3) is 0.833. The van der Waals surface area contributed by atoms with Gasteiger partial charge in [-0.05, 0) is 31.3 Å². The number of nitrogens with two attached hydrogens (primary N) is 1. The van der Waals surface area contributed by atoms with Gasteiger partial charge in [-0.3, -0.25) is 9.59 Å². The van der Waals surface area contributed by atoms with Crippen LogP contribution in [0.2, 0.25) is 0 Å². The normalized spacial score (nSPS) is 18.5. The average Bonchev–Trinajstić information content (AvgIpc) is 2.35. The molecular weight excluding hydrogens is 250 g/mol. The van der Waals surface area contributed by atoms with E-state index in [2.05, 4.69) is 5.32 Å². The Balaban J connectivity index is 2.33. The van der Waals surface area contributed by atoms with Gasteiger partial charge in [0.15, 0.2) is 0 Å². The molecule has 3 N–H and O–H groups in total. The molecule has 1 aliphatic heterocycles. The van der Waals surface area contributed by atoms with Gasteiger partial charge in [-0.25, -0.2) is 0 Å². The van der Waals surface area contributed by atoms with Crippen molar-refractivity contribution >= 4 is 23.6 Å². The molecule has 1 aliphatic rings. The van der Waals surface area contributed by atoms with Crippen molar-refractivity contribution in [3.63, 3.8) is 0 Å². The van der Waals surface area contributed by atoms with Gasteiger partial charge in [0.1, 0.15) is 0 Å². The van der Waals surface area contributed by atoms with Crippen LogP contribution in [0.1, 0.15) is 26.2 Å². The van der Waals surface area contributed by atoms with Crippen molar-refractivity contribution in [2.75, 3.05) is 25.1 Å². The molecule has 0 spiro atoms. The maximum absolute atomic E-state index is 12.0. The number of carbonyl (C=O) groups is 2. The van der Waals surface area contributed by atoms with Crippen LogP contribution >= 0.6 is 11.8 Å². The van der Waals surface area contributed by atoms with Crippen molar-refractivity contribution in [1.29, 1.82) is 0 Å². The van der Waals surface area contributed by atoms with Crippen LogP contribution in [0.4, 0.5) is 0 Å². The summed E-state index contributed by atoms with van der Waals surface area (Å²) in [6.07, 6.45) is 4.38. The molecule has 104 valence electrons. The molecule has 1 fully saturated rings. The smallest absolute Gasteiger partial charge is 0.239 e. The molecule has 1 rings (SSSR count). The summed E-state index contributed by atoms with van der Waals surface area (Å²) in [5.41, 5.74) is 5.88. The standard InChI is InChI=1S/C12H23N3O2S/c1-9(16)14-10-3-6-15(7-4-10)12(17)11(13)5-8-18-2/h10-11H,3-8,13H2,1-2H3,(H,14,16)/t11-/m1/s1. The molecule has 6 heteroatoms. The van der Waals surface area contributed by atoms with Gasteiger partial charge < -0.3 is 16.0 Å². The van der Waals surface area contributed by atoms with Gasteiger partial charge >= 0.3 is 0 Å². The first kappa shape index (κ1) is 15.3. The monoisotopic (exact) mass is 273 g/mol. The van der Waals surface area contributed by atoms with Crippen LogP contribution in [-0.2, 0) is 9.59 Å². The highest BCUT2D eigenvalue weighted by Gasteiger charge is 2.26. The van der Waals surface area contributed by atoms with Crippen LogP contribution in [0.15, 0.2) is 0 Å². The molecule has 0 aliphatic carbocycles. The second-order valence-corrected chi connectivity index (χ2v) is 5.67. The van der Waals surface area contributed by atoms with E-state index < -0.39 is 0 Å². The maximum atomic E-state index is 12.0. The van der Waals surface area contributed by atoms with Crippen molar-refractivity contribution in [3.05, 3.63) is 0 Å². The zero-order chi connectivity index (χ0) is 13.5. The van der Waals surface area contributed by atoms with E-state index in [1.807, 2.05) is 11.2 Å². The van der Waals surface area contributed by atoms with Crippen molar-refractivity contribution in [1.82, 2.24) is 10.2 Å². The lowest BCUT2D eigenvalue weighted by molar-refractivity contribution is -0.133. The van der Waals surface area contributed by atoms with Crippen molar-refractivity contribution in [2.45, 2.75) is 38.3 Å². The Kier molecular flexibility index (Phi) is 6.49. The molecule has 1 saturated heterocycles. The summed E-state index contributed by atoms with van der Waals surface area (Å²) in [5, 5.41) is 2.89. The first-order valence-electron chi connectivity index (χ1n) is 6.35. The highest BCUT2D eigenvalue weighted by molar-refractivity contribution is 7.98. The van der Waals surface area contributed by atoms with E-state index in [1.54, 1.807) is 11.8 Å². The largest absolute Gasteiger partial charge is 0.353 e. The van der Waals surface area contributed by atoms with Gasteiger partial charge in [-0.1, -0.05) is 0 Å². The van der Waals surface area contributed by atoms with Gasteiger partial charge in [0.05, 0.1) is 6.04 Å². The lowest BCUT2D eigenvalue weighted by atomic mass is 10.0. The number of piperidine rings is 1. The van der Waals surface area contributed by atoms with Crippen molar-refractivity contribution in [3.8, 4) is 0 Å². The Bertz CT molecular complexity index is 291. The number of likely N-dealkylation sites (tertiary alicyclic amines) is 1. The van der Waals surface area contributed by atoms with Gasteiger partial charge in [-0.15, -0.1) is 0 Å². The molecule has 0 aromatic rings. The lowest BCUT2D eigenvalue weighted by Gasteiger charge is -2.33. The lowest BCUT2D eigenvalue weighted by Crippen LogP contribution is -2.50. The third-order valence-electron chi connectivity index (χ3n) is 3.16. The van der Waals surface area contributed by atoms with Crippen LogP contribution in [0.3, 0.4) is 0 Å². The predicted octanol–water partition coefficient (Wildman–Crippen LogP) is 0.194. The highest BCUT2D eigenvalue weighted by atomic mass is 32.2. The van der Waals surface area contributed by atoms with E-state index in [0.717, 1.165) is 25.0 Å². The first-order chi connectivity index (χ1) is 8.54. The minimum Gasteiger partial charge on any atom is -0.353 e. The molecule has 0 bridgehead atoms. The Hall–Kier alpha value is -0.750. The molecule has 1 heterocycles. The summed E-state index contributed by atoms with van der Waals surface area (Å²) < 4.78 is 0. The topological polar surface area (TPSA) is 75.4 Å². The second kappa shape index (κ2) is 7.63. The van der Waals surface area contributed by atoms with Crippen LogP contribution in [0, 0.1) is 0 Å². The summed E-state index contributed by atoms with van der Waals surface area (Å²) in [4.78, 5) is 24.8. The van der Waals surface area contributed by atoms with Crippen molar-refractivity contribution in [2.24, 2.45) is 5.73 Å². The summed E-state index contributed by atoms with van der Waals surface area (Å²) in [6.45, 7) is 2.91. The van der Waals surface area contributed by atoms with Crippen molar-refractivity contribution < 1.29 is 9.59 Å². The third-order valence-corrected chi connectivity index (χ3v) is 3.81. The van der Waals surface area contributed by atoms with E-state index in [9.17, 15) is 9.59 Å². The number of amides is 2. The van der Waals surface area contributed by atoms with Gasteiger partial charge in [-0.2, -0.15) is 11.8 Å². The average molecular weight is 273 g/mol. The Morgan fingerprint density at radius 3 is 2.56 bits per heavy atom. The van der Waals surface area contributed by atoms with E-state index >= 15 is 0 Å². The Labute approximate surface area is 113 Å². The molecule has 0 unspecified atom stereocenters. The molecular formula is C12H23N3O2S. The molecule has 0 radical (unpaired) electrons. The number of thioether (sulfide) groups is 1. The quantitative estimate of drug-likeness (QED) is 0.750. The summed E-state index contributed by atoms with van der Waals surface area (Å²) in [7, 11) is 0. The minimum absolute atomic E-state index is 0.00329. The second-order valence-electron chi connectivity index (χ2n) is 4.69. The number of nitrogens with one attached hydrogen (secondary N) is 1.